The van der Waals surface area contributed by atoms with E-state index in [1.807, 2.05) is 0 Å². The van der Waals surface area contributed by atoms with E-state index in [9.17, 15) is 37.3 Å². The smallest absolute Gasteiger partial charge is 0.258 e. The number of hydrogen-bond donors (Lipinski definition) is 0. The van der Waals surface area contributed by atoms with E-state index in [4.69, 9.17) is 0 Å². The van der Waals surface area contributed by atoms with Crippen molar-refractivity contribution in [2.24, 2.45) is 4.99 Å². The Kier molecular flexibility index (Phi) is 5.11. The van der Waals surface area contributed by atoms with Gasteiger partial charge in [0.05, 0.1) is 39.9 Å². The van der Waals surface area contributed by atoms with Crippen LogP contribution in [-0.2, 0) is 12.0 Å². The van der Waals surface area contributed by atoms with Crippen molar-refractivity contribution in [2.75, 3.05) is 0 Å². The largest absolute Gasteiger partial charge is 0.455 e. The van der Waals surface area contributed by atoms with Crippen LogP contribution in [0.1, 0.15) is 24.0 Å². The first-order valence-corrected chi connectivity index (χ1v) is 9.46. The number of nitriles is 1. The van der Waals surface area contributed by atoms with Crippen LogP contribution in [0.3, 0.4) is 0 Å². The minimum atomic E-state index is -5.73. The molecule has 1 aromatic carbocycles. The SMILES string of the molecule is N#CC1(c2ccc([N+](=O)[O-])c(/C=N/c3cc4cnn(CC(F)(F)C(F)(F)F)c4cn3)c2)CC1. The molecular weight excluding hydrogens is 451 g/mol. The quantitative estimate of drug-likeness (QED) is 0.224. The van der Waals surface area contributed by atoms with Crippen molar-refractivity contribution in [3.8, 4) is 6.07 Å². The maximum Gasteiger partial charge on any atom is 0.455 e. The molecule has 3 aromatic rings. The summed E-state index contributed by atoms with van der Waals surface area (Å²) in [6, 6.07) is 7.83. The Hall–Kier alpha value is -3.95. The summed E-state index contributed by atoms with van der Waals surface area (Å²) >= 11 is 0. The highest BCUT2D eigenvalue weighted by molar-refractivity contribution is 5.88. The van der Waals surface area contributed by atoms with Gasteiger partial charge < -0.3 is 0 Å². The fraction of sp³-hybridized carbons (Fsp3) is 0.300. The molecule has 33 heavy (non-hydrogen) atoms. The normalized spacial score (nSPS) is 15.6. The number of pyridine rings is 1. The molecule has 2 aromatic heterocycles. The van der Waals surface area contributed by atoms with E-state index in [1.54, 1.807) is 0 Å². The van der Waals surface area contributed by atoms with Gasteiger partial charge in [-0.2, -0.15) is 32.3 Å². The van der Waals surface area contributed by atoms with Crippen LogP contribution < -0.4 is 0 Å². The molecule has 1 aliphatic carbocycles. The third-order valence-electron chi connectivity index (χ3n) is 5.35. The van der Waals surface area contributed by atoms with Gasteiger partial charge in [0, 0.05) is 17.7 Å². The number of aliphatic imine (C=N–C) groups is 1. The third kappa shape index (κ3) is 4.11. The second-order valence-electron chi connectivity index (χ2n) is 7.59. The molecule has 0 unspecified atom stereocenters. The standard InChI is InChI=1S/C20H13F5N6O2/c21-19(22,20(23,24)25)11-30-16-9-28-17(6-13(16)8-29-30)27-7-12-5-14(18(10-26)3-4-18)1-2-15(12)31(32)33/h1-2,5-9H,3-4,11H2/b27-7+. The maximum atomic E-state index is 13.4. The number of benzene rings is 1. The molecule has 0 bridgehead atoms. The monoisotopic (exact) mass is 464 g/mol. The molecule has 0 radical (unpaired) electrons. The highest BCUT2D eigenvalue weighted by Gasteiger charge is 2.57. The van der Waals surface area contributed by atoms with Crippen LogP contribution in [0.25, 0.3) is 10.9 Å². The zero-order valence-electron chi connectivity index (χ0n) is 16.6. The molecule has 2 heterocycles. The summed E-state index contributed by atoms with van der Waals surface area (Å²) in [4.78, 5) is 18.7. The van der Waals surface area contributed by atoms with Gasteiger partial charge in [0.2, 0.25) is 0 Å². The van der Waals surface area contributed by atoms with E-state index in [0.717, 1.165) is 12.4 Å². The predicted octanol–water partition coefficient (Wildman–Crippen LogP) is 4.84. The lowest BCUT2D eigenvalue weighted by Gasteiger charge is -2.19. The van der Waals surface area contributed by atoms with Crippen LogP contribution in [0.4, 0.5) is 33.5 Å². The second-order valence-corrected chi connectivity index (χ2v) is 7.59. The van der Waals surface area contributed by atoms with Gasteiger partial charge in [0.15, 0.2) is 5.82 Å². The van der Waals surface area contributed by atoms with Crippen molar-refractivity contribution in [3.63, 3.8) is 0 Å². The third-order valence-corrected chi connectivity index (χ3v) is 5.35. The number of rotatable bonds is 6. The topological polar surface area (TPSA) is 110 Å². The van der Waals surface area contributed by atoms with Gasteiger partial charge in [0.1, 0.15) is 6.54 Å². The number of alkyl halides is 5. The van der Waals surface area contributed by atoms with Gasteiger partial charge in [0.25, 0.3) is 5.69 Å². The number of nitro benzene ring substituents is 1. The molecular formula is C20H13F5N6O2. The summed E-state index contributed by atoms with van der Waals surface area (Å²) in [5.41, 5.74) is -0.189. The molecule has 0 aliphatic heterocycles. The molecule has 13 heteroatoms. The zero-order valence-corrected chi connectivity index (χ0v) is 16.6. The van der Waals surface area contributed by atoms with Gasteiger partial charge in [-0.05, 0) is 30.5 Å². The molecule has 170 valence electrons. The van der Waals surface area contributed by atoms with Crippen LogP contribution in [0.15, 0.2) is 41.7 Å². The summed E-state index contributed by atoms with van der Waals surface area (Å²) in [5.74, 6) is -4.94. The number of nitro groups is 1. The average Bonchev–Trinajstić information content (AvgIpc) is 3.47. The van der Waals surface area contributed by atoms with Crippen molar-refractivity contribution in [1.29, 1.82) is 5.26 Å². The summed E-state index contributed by atoms with van der Waals surface area (Å²) in [6.07, 6.45) is -1.11. The Morgan fingerprint density at radius 2 is 1.97 bits per heavy atom. The van der Waals surface area contributed by atoms with Gasteiger partial charge in [-0.3, -0.25) is 14.8 Å². The molecule has 8 nitrogen and oxygen atoms in total. The van der Waals surface area contributed by atoms with Crippen LogP contribution in [-0.4, -0.2) is 38.0 Å². The van der Waals surface area contributed by atoms with Crippen molar-refractivity contribution >= 4 is 28.6 Å². The minimum Gasteiger partial charge on any atom is -0.258 e. The molecule has 0 N–H and O–H groups in total. The molecule has 1 aliphatic rings. The number of halogens is 5. The Morgan fingerprint density at radius 1 is 1.24 bits per heavy atom. The van der Waals surface area contributed by atoms with Crippen molar-refractivity contribution in [3.05, 3.63) is 57.9 Å². The Bertz CT molecular complexity index is 1320. The van der Waals surface area contributed by atoms with Gasteiger partial charge in [-0.1, -0.05) is 6.07 Å². The van der Waals surface area contributed by atoms with Crippen LogP contribution in [0.5, 0.6) is 0 Å². The van der Waals surface area contributed by atoms with E-state index < -0.39 is 29.0 Å². The van der Waals surface area contributed by atoms with Gasteiger partial charge in [-0.25, -0.2) is 9.98 Å². The van der Waals surface area contributed by atoms with Crippen molar-refractivity contribution < 1.29 is 26.9 Å². The van der Waals surface area contributed by atoms with Crippen molar-refractivity contribution in [2.45, 2.75) is 36.9 Å². The lowest BCUT2D eigenvalue weighted by Crippen LogP contribution is -2.40. The van der Waals surface area contributed by atoms with Crippen LogP contribution in [0, 0.1) is 21.4 Å². The number of aromatic nitrogens is 3. The predicted molar refractivity (Wildman–Crippen MR) is 105 cm³/mol. The highest BCUT2D eigenvalue weighted by atomic mass is 19.4. The maximum absolute atomic E-state index is 13.4. The number of fused-ring (bicyclic) bond motifs is 1. The zero-order chi connectivity index (χ0) is 24.0. The van der Waals surface area contributed by atoms with E-state index in [-0.39, 0.29) is 28.0 Å². The molecule has 0 saturated heterocycles. The summed E-state index contributed by atoms with van der Waals surface area (Å²) in [7, 11) is 0. The summed E-state index contributed by atoms with van der Waals surface area (Å²) < 4.78 is 64.6. The van der Waals surface area contributed by atoms with E-state index in [1.165, 1.54) is 30.5 Å². The first kappa shape index (κ1) is 22.3. The van der Waals surface area contributed by atoms with Crippen LogP contribution in [0.2, 0.25) is 0 Å². The fourth-order valence-electron chi connectivity index (χ4n) is 3.29. The summed E-state index contributed by atoms with van der Waals surface area (Å²) in [6.45, 7) is -1.70. The van der Waals surface area contributed by atoms with Gasteiger partial charge in [-0.15, -0.1) is 0 Å². The molecule has 0 atom stereocenters. The lowest BCUT2D eigenvalue weighted by atomic mass is 9.95. The Labute approximate surface area is 182 Å². The van der Waals surface area contributed by atoms with E-state index in [2.05, 4.69) is 21.1 Å². The molecule has 4 rings (SSSR count). The number of hydrogen-bond acceptors (Lipinski definition) is 6. The molecule has 0 spiro atoms. The first-order chi connectivity index (χ1) is 15.5. The molecule has 0 amide bonds. The van der Waals surface area contributed by atoms with Crippen molar-refractivity contribution in [1.82, 2.24) is 14.8 Å². The fourth-order valence-corrected chi connectivity index (χ4v) is 3.29. The van der Waals surface area contributed by atoms with E-state index >= 15 is 0 Å². The molecule has 1 saturated carbocycles. The van der Waals surface area contributed by atoms with Crippen LogP contribution >= 0.6 is 0 Å². The Morgan fingerprint density at radius 3 is 2.58 bits per heavy atom. The van der Waals surface area contributed by atoms with Gasteiger partial charge >= 0.3 is 12.1 Å². The summed E-state index contributed by atoms with van der Waals surface area (Å²) in [5, 5.41) is 24.5. The minimum absolute atomic E-state index is 0.0331. The number of nitrogens with zero attached hydrogens (tertiary/aromatic N) is 6. The second kappa shape index (κ2) is 7.58. The Balaban J connectivity index is 1.64. The highest BCUT2D eigenvalue weighted by Crippen LogP contribution is 2.48. The average molecular weight is 464 g/mol. The lowest BCUT2D eigenvalue weighted by molar-refractivity contribution is -0.385. The van der Waals surface area contributed by atoms with E-state index in [0.29, 0.717) is 23.1 Å². The first-order valence-electron chi connectivity index (χ1n) is 9.46. The molecule has 1 fully saturated rings.